The van der Waals surface area contributed by atoms with Crippen LogP contribution in [0.5, 0.6) is 0 Å². The van der Waals surface area contributed by atoms with Crippen LogP contribution in [0, 0.1) is 22.7 Å². The van der Waals surface area contributed by atoms with Crippen LogP contribution < -0.4 is 4.90 Å². The number of allylic oxidation sites excluding steroid dienone is 8. The molecule has 116 valence electrons. The molecule has 1 aromatic carbocycles. The number of anilines is 1. The highest BCUT2D eigenvalue weighted by molar-refractivity contribution is 5.76. The van der Waals surface area contributed by atoms with Gasteiger partial charge >= 0.3 is 0 Å². The molecular weight excluding hydrogens is 294 g/mol. The first kappa shape index (κ1) is 16.8. The molecule has 0 aliphatic carbocycles. The summed E-state index contributed by atoms with van der Waals surface area (Å²) in [6, 6.07) is 11.9. The van der Waals surface area contributed by atoms with Gasteiger partial charge in [-0.25, -0.2) is 0 Å². The number of hydrogen-bond donors (Lipinski definition) is 0. The van der Waals surface area contributed by atoms with Crippen molar-refractivity contribution >= 4 is 11.8 Å². The summed E-state index contributed by atoms with van der Waals surface area (Å²) >= 11 is 0. The van der Waals surface area contributed by atoms with Crippen LogP contribution >= 0.6 is 0 Å². The van der Waals surface area contributed by atoms with Crippen LogP contribution in [0.3, 0.4) is 0 Å². The summed E-state index contributed by atoms with van der Waals surface area (Å²) in [5.41, 5.74) is 3.50. The van der Waals surface area contributed by atoms with Crippen molar-refractivity contribution in [1.82, 2.24) is 0 Å². The Morgan fingerprint density at radius 3 is 2.54 bits per heavy atom. The highest BCUT2D eigenvalue weighted by Gasteiger charge is 2.14. The van der Waals surface area contributed by atoms with E-state index in [1.807, 2.05) is 48.6 Å². The maximum Gasteiger partial charge on any atom is 0.129 e. The number of fused-ring (bicyclic) bond motifs is 1. The summed E-state index contributed by atoms with van der Waals surface area (Å²) in [5.74, 6) is 0. The molecule has 0 N–H and O–H groups in total. The van der Waals surface area contributed by atoms with Gasteiger partial charge < -0.3 is 4.90 Å². The zero-order valence-corrected chi connectivity index (χ0v) is 13.3. The molecule has 0 fully saturated rings. The molecule has 0 aromatic heterocycles. The van der Waals surface area contributed by atoms with E-state index in [1.165, 1.54) is 11.6 Å². The van der Waals surface area contributed by atoms with Gasteiger partial charge in [0.2, 0.25) is 0 Å². The Morgan fingerprint density at radius 2 is 1.79 bits per heavy atom. The van der Waals surface area contributed by atoms with Crippen LogP contribution in [-0.4, -0.2) is 6.54 Å². The molecular formula is C21H17N3. The summed E-state index contributed by atoms with van der Waals surface area (Å²) in [4.78, 5) is 2.19. The second kappa shape index (κ2) is 8.78. The molecule has 0 amide bonds. The van der Waals surface area contributed by atoms with Gasteiger partial charge in [0.15, 0.2) is 0 Å². The molecule has 0 unspecified atom stereocenters. The Morgan fingerprint density at radius 1 is 1.04 bits per heavy atom. The number of nitrogens with zero attached hydrogens (tertiary/aromatic N) is 3. The third-order valence-corrected chi connectivity index (χ3v) is 3.39. The molecule has 3 nitrogen and oxygen atoms in total. The molecule has 0 atom stereocenters. The van der Waals surface area contributed by atoms with Crippen LogP contribution in [0.4, 0.5) is 5.69 Å². The average Bonchev–Trinajstić information content (AvgIpc) is 2.62. The van der Waals surface area contributed by atoms with Crippen molar-refractivity contribution in [3.05, 3.63) is 96.3 Å². The van der Waals surface area contributed by atoms with E-state index in [2.05, 4.69) is 35.8 Å². The van der Waals surface area contributed by atoms with E-state index in [0.717, 1.165) is 17.9 Å². The fourth-order valence-corrected chi connectivity index (χ4v) is 2.29. The number of rotatable bonds is 5. The number of para-hydroxylation sites is 1. The van der Waals surface area contributed by atoms with Gasteiger partial charge in [0.1, 0.15) is 17.7 Å². The van der Waals surface area contributed by atoms with Crippen LogP contribution in [0.1, 0.15) is 5.56 Å². The van der Waals surface area contributed by atoms with Gasteiger partial charge in [-0.2, -0.15) is 10.5 Å². The number of hydrogen-bond acceptors (Lipinski definition) is 3. The third-order valence-electron chi connectivity index (χ3n) is 3.39. The number of nitriles is 2. The van der Waals surface area contributed by atoms with Gasteiger partial charge in [-0.05, 0) is 29.9 Å². The predicted molar refractivity (Wildman–Crippen MR) is 98.7 cm³/mol. The molecule has 3 heteroatoms. The Hall–Kier alpha value is -3.56. The van der Waals surface area contributed by atoms with Crippen molar-refractivity contribution in [3.63, 3.8) is 0 Å². The van der Waals surface area contributed by atoms with Gasteiger partial charge in [-0.1, -0.05) is 54.7 Å². The Bertz CT molecular complexity index is 821. The van der Waals surface area contributed by atoms with Crippen molar-refractivity contribution in [1.29, 1.82) is 10.5 Å². The summed E-state index contributed by atoms with van der Waals surface area (Å²) in [7, 11) is 0. The van der Waals surface area contributed by atoms with E-state index < -0.39 is 0 Å². The van der Waals surface area contributed by atoms with E-state index in [1.54, 1.807) is 12.2 Å². The average molecular weight is 311 g/mol. The van der Waals surface area contributed by atoms with E-state index in [-0.39, 0.29) is 5.57 Å². The first-order chi connectivity index (χ1) is 11.8. The molecule has 2 rings (SSSR count). The number of benzene rings is 1. The topological polar surface area (TPSA) is 50.8 Å². The largest absolute Gasteiger partial charge is 0.337 e. The summed E-state index contributed by atoms with van der Waals surface area (Å²) in [5, 5.41) is 17.3. The lowest BCUT2D eigenvalue weighted by Crippen LogP contribution is -2.24. The van der Waals surface area contributed by atoms with E-state index in [9.17, 15) is 0 Å². The molecule has 1 aliphatic heterocycles. The van der Waals surface area contributed by atoms with E-state index >= 15 is 0 Å². The van der Waals surface area contributed by atoms with Gasteiger partial charge in [0, 0.05) is 17.9 Å². The van der Waals surface area contributed by atoms with Crippen LogP contribution in [0.25, 0.3) is 6.08 Å². The lowest BCUT2D eigenvalue weighted by molar-refractivity contribution is 1.03. The van der Waals surface area contributed by atoms with Gasteiger partial charge in [0.05, 0.1) is 0 Å². The quantitative estimate of drug-likeness (QED) is 0.451. The maximum atomic E-state index is 8.64. The third kappa shape index (κ3) is 4.22. The van der Waals surface area contributed by atoms with Gasteiger partial charge in [0.25, 0.3) is 0 Å². The van der Waals surface area contributed by atoms with Gasteiger partial charge in [-0.15, -0.1) is 6.58 Å². The molecule has 1 aromatic rings. The molecule has 1 aliphatic rings. The minimum Gasteiger partial charge on any atom is -0.337 e. The molecule has 0 saturated carbocycles. The van der Waals surface area contributed by atoms with E-state index in [0.29, 0.717) is 0 Å². The second-order valence-electron chi connectivity index (χ2n) is 4.96. The van der Waals surface area contributed by atoms with Crippen molar-refractivity contribution in [3.8, 4) is 12.1 Å². The molecule has 24 heavy (non-hydrogen) atoms. The molecule has 0 spiro atoms. The fourth-order valence-electron chi connectivity index (χ4n) is 2.29. The Labute approximate surface area is 142 Å². The summed E-state index contributed by atoms with van der Waals surface area (Å²) < 4.78 is 0. The van der Waals surface area contributed by atoms with E-state index in [4.69, 9.17) is 10.5 Å². The standard InChI is InChI=1S/C21H17N3/c1-2-15-24-20(14-13-19-10-7-8-12-21(19)24)11-6-4-3-5-9-18(16-22)17-23/h2-14H,1,15H2/b5-3+,6-4+,20-11+. The highest BCUT2D eigenvalue weighted by Crippen LogP contribution is 2.30. The van der Waals surface area contributed by atoms with Crippen molar-refractivity contribution < 1.29 is 0 Å². The second-order valence-corrected chi connectivity index (χ2v) is 4.96. The zero-order valence-electron chi connectivity index (χ0n) is 13.3. The maximum absolute atomic E-state index is 8.64. The van der Waals surface area contributed by atoms with Crippen molar-refractivity contribution in [2.24, 2.45) is 0 Å². The van der Waals surface area contributed by atoms with Crippen LogP contribution in [0.2, 0.25) is 0 Å². The lowest BCUT2D eigenvalue weighted by Gasteiger charge is -2.29. The molecule has 0 saturated heterocycles. The lowest BCUT2D eigenvalue weighted by atomic mass is 10.1. The van der Waals surface area contributed by atoms with Crippen LogP contribution in [0.15, 0.2) is 90.7 Å². The normalized spacial score (nSPS) is 14.4. The predicted octanol–water partition coefficient (Wildman–Crippen LogP) is 4.68. The first-order valence-corrected chi connectivity index (χ1v) is 7.51. The fraction of sp³-hybridized carbons (Fsp3) is 0.0476. The first-order valence-electron chi connectivity index (χ1n) is 7.51. The minimum atomic E-state index is 0.0852. The summed E-state index contributed by atoms with van der Waals surface area (Å²) in [6.07, 6.45) is 16.8. The minimum absolute atomic E-state index is 0.0852. The zero-order chi connectivity index (χ0) is 17.2. The van der Waals surface area contributed by atoms with Crippen LogP contribution in [-0.2, 0) is 0 Å². The molecule has 0 radical (unpaired) electrons. The Balaban J connectivity index is 2.15. The Kier molecular flexibility index (Phi) is 6.15. The SMILES string of the molecule is C=CCN1/C(=C/C=C/C=C/C=C(C#N)C#N)C=Cc2ccccc21. The smallest absolute Gasteiger partial charge is 0.129 e. The molecule has 1 heterocycles. The van der Waals surface area contributed by atoms with Gasteiger partial charge in [-0.3, -0.25) is 0 Å². The molecule has 0 bridgehead atoms. The highest BCUT2D eigenvalue weighted by atomic mass is 15.1. The van der Waals surface area contributed by atoms with Crippen molar-refractivity contribution in [2.45, 2.75) is 0 Å². The summed E-state index contributed by atoms with van der Waals surface area (Å²) in [6.45, 7) is 4.56. The van der Waals surface area contributed by atoms with Crippen molar-refractivity contribution in [2.75, 3.05) is 11.4 Å². The monoisotopic (exact) mass is 311 g/mol.